The maximum Gasteiger partial charge on any atom is 0.119 e. The Balaban J connectivity index is 2.05. The van der Waals surface area contributed by atoms with Crippen molar-refractivity contribution >= 4 is 0 Å². The molecule has 3 rings (SSSR count). The Labute approximate surface area is 114 Å². The van der Waals surface area contributed by atoms with Gasteiger partial charge in [-0.1, -0.05) is 36.4 Å². The first-order valence-corrected chi connectivity index (χ1v) is 6.72. The van der Waals surface area contributed by atoms with E-state index in [1.54, 1.807) is 7.11 Å². The molecule has 0 spiro atoms. The van der Waals surface area contributed by atoms with Gasteiger partial charge in [-0.15, -0.1) is 0 Å². The molecular formula is C17H19NO. The Hall–Kier alpha value is -1.80. The zero-order valence-corrected chi connectivity index (χ0v) is 11.4. The fraction of sp³-hybridized carbons (Fsp3) is 0.294. The van der Waals surface area contributed by atoms with Gasteiger partial charge in [0.05, 0.1) is 7.11 Å². The lowest BCUT2D eigenvalue weighted by Gasteiger charge is -2.20. The van der Waals surface area contributed by atoms with Crippen LogP contribution in [0.25, 0.3) is 0 Å². The monoisotopic (exact) mass is 253 g/mol. The van der Waals surface area contributed by atoms with Gasteiger partial charge in [0.25, 0.3) is 0 Å². The van der Waals surface area contributed by atoms with Crippen LogP contribution in [-0.4, -0.2) is 20.2 Å². The van der Waals surface area contributed by atoms with Crippen molar-refractivity contribution in [2.45, 2.75) is 18.4 Å². The van der Waals surface area contributed by atoms with E-state index in [4.69, 9.17) is 4.74 Å². The standard InChI is InChI=1S/C17H19NO/c1-18-16-11-13-10-14(19-2)8-9-15(13)17(16)12-6-4-3-5-7-12/h3-10,16-18H,11H2,1-2H3/t16-,17-/m0/s1. The molecule has 2 aromatic rings. The normalized spacial score (nSPS) is 21.2. The quantitative estimate of drug-likeness (QED) is 0.908. The van der Waals surface area contributed by atoms with Gasteiger partial charge in [-0.25, -0.2) is 0 Å². The zero-order valence-electron chi connectivity index (χ0n) is 11.4. The van der Waals surface area contributed by atoms with Crippen LogP contribution in [-0.2, 0) is 6.42 Å². The van der Waals surface area contributed by atoms with E-state index in [1.807, 2.05) is 7.05 Å². The van der Waals surface area contributed by atoms with Crippen molar-refractivity contribution in [3.8, 4) is 5.75 Å². The Morgan fingerprint density at radius 3 is 2.58 bits per heavy atom. The van der Waals surface area contributed by atoms with Gasteiger partial charge >= 0.3 is 0 Å². The maximum atomic E-state index is 5.33. The molecule has 0 amide bonds. The highest BCUT2D eigenvalue weighted by atomic mass is 16.5. The number of likely N-dealkylation sites (N-methyl/N-ethyl adjacent to an activating group) is 1. The number of nitrogens with one attached hydrogen (secondary N) is 1. The predicted molar refractivity (Wildman–Crippen MR) is 77.8 cm³/mol. The average molecular weight is 253 g/mol. The Morgan fingerprint density at radius 2 is 1.89 bits per heavy atom. The van der Waals surface area contributed by atoms with E-state index in [-0.39, 0.29) is 0 Å². The van der Waals surface area contributed by atoms with Crippen LogP contribution in [0.3, 0.4) is 0 Å². The largest absolute Gasteiger partial charge is 0.497 e. The Kier molecular flexibility index (Phi) is 3.26. The van der Waals surface area contributed by atoms with Crippen LogP contribution >= 0.6 is 0 Å². The van der Waals surface area contributed by atoms with Gasteiger partial charge in [-0.2, -0.15) is 0 Å². The highest BCUT2D eigenvalue weighted by Crippen LogP contribution is 2.39. The summed E-state index contributed by atoms with van der Waals surface area (Å²) in [6.07, 6.45) is 1.06. The van der Waals surface area contributed by atoms with Crippen LogP contribution in [0.4, 0.5) is 0 Å². The second kappa shape index (κ2) is 5.06. The molecule has 0 saturated carbocycles. The number of hydrogen-bond acceptors (Lipinski definition) is 2. The lowest BCUT2D eigenvalue weighted by atomic mass is 9.90. The Bertz CT molecular complexity index is 565. The summed E-state index contributed by atoms with van der Waals surface area (Å²) in [5, 5.41) is 3.46. The number of methoxy groups -OCH3 is 1. The van der Waals surface area contributed by atoms with Crippen LogP contribution < -0.4 is 10.1 Å². The molecular weight excluding hydrogens is 234 g/mol. The average Bonchev–Trinajstić information content (AvgIpc) is 2.85. The minimum Gasteiger partial charge on any atom is -0.497 e. The smallest absolute Gasteiger partial charge is 0.119 e. The van der Waals surface area contributed by atoms with Crippen molar-refractivity contribution in [3.63, 3.8) is 0 Å². The molecule has 0 aliphatic heterocycles. The van der Waals surface area contributed by atoms with Crippen molar-refractivity contribution in [1.82, 2.24) is 5.32 Å². The highest BCUT2D eigenvalue weighted by molar-refractivity contribution is 5.48. The number of rotatable bonds is 3. The van der Waals surface area contributed by atoms with Crippen LogP contribution in [0.5, 0.6) is 5.75 Å². The zero-order chi connectivity index (χ0) is 13.2. The topological polar surface area (TPSA) is 21.3 Å². The van der Waals surface area contributed by atoms with Crippen molar-refractivity contribution in [1.29, 1.82) is 0 Å². The molecule has 2 heteroatoms. The summed E-state index contributed by atoms with van der Waals surface area (Å²) >= 11 is 0. The van der Waals surface area contributed by atoms with Gasteiger partial charge in [0.2, 0.25) is 0 Å². The van der Waals surface area contributed by atoms with Gasteiger partial charge in [-0.3, -0.25) is 0 Å². The molecule has 0 heterocycles. The third kappa shape index (κ3) is 2.13. The summed E-state index contributed by atoms with van der Waals surface area (Å²) < 4.78 is 5.33. The summed E-state index contributed by atoms with van der Waals surface area (Å²) in [4.78, 5) is 0. The van der Waals surface area contributed by atoms with E-state index in [1.165, 1.54) is 16.7 Å². The van der Waals surface area contributed by atoms with E-state index in [9.17, 15) is 0 Å². The van der Waals surface area contributed by atoms with E-state index in [0.717, 1.165) is 12.2 Å². The molecule has 1 N–H and O–H groups in total. The molecule has 0 fully saturated rings. The molecule has 0 saturated heterocycles. The van der Waals surface area contributed by atoms with Crippen LogP contribution in [0.1, 0.15) is 22.6 Å². The van der Waals surface area contributed by atoms with E-state index in [2.05, 4.69) is 53.8 Å². The summed E-state index contributed by atoms with van der Waals surface area (Å²) in [5.74, 6) is 1.38. The van der Waals surface area contributed by atoms with Crippen molar-refractivity contribution < 1.29 is 4.74 Å². The molecule has 2 aromatic carbocycles. The fourth-order valence-electron chi connectivity index (χ4n) is 3.10. The molecule has 0 radical (unpaired) electrons. The predicted octanol–water partition coefficient (Wildman–Crippen LogP) is 2.97. The number of fused-ring (bicyclic) bond motifs is 1. The highest BCUT2D eigenvalue weighted by Gasteiger charge is 2.32. The Morgan fingerprint density at radius 1 is 1.11 bits per heavy atom. The molecule has 1 aliphatic carbocycles. The van der Waals surface area contributed by atoms with E-state index in [0.29, 0.717) is 12.0 Å². The second-order valence-electron chi connectivity index (χ2n) is 5.05. The van der Waals surface area contributed by atoms with Crippen LogP contribution in [0, 0.1) is 0 Å². The third-order valence-corrected chi connectivity index (χ3v) is 4.06. The lowest BCUT2D eigenvalue weighted by molar-refractivity contribution is 0.414. The van der Waals surface area contributed by atoms with Crippen molar-refractivity contribution in [2.24, 2.45) is 0 Å². The molecule has 2 nitrogen and oxygen atoms in total. The molecule has 19 heavy (non-hydrogen) atoms. The van der Waals surface area contributed by atoms with Gasteiger partial charge in [-0.05, 0) is 42.3 Å². The number of hydrogen-bond donors (Lipinski definition) is 1. The first-order chi connectivity index (χ1) is 9.33. The summed E-state index contributed by atoms with van der Waals surface area (Å²) in [5.41, 5.74) is 4.20. The summed E-state index contributed by atoms with van der Waals surface area (Å²) in [6.45, 7) is 0. The fourth-order valence-corrected chi connectivity index (χ4v) is 3.10. The van der Waals surface area contributed by atoms with Gasteiger partial charge in [0, 0.05) is 12.0 Å². The van der Waals surface area contributed by atoms with E-state index < -0.39 is 0 Å². The molecule has 1 aliphatic rings. The molecule has 0 aromatic heterocycles. The molecule has 98 valence electrons. The van der Waals surface area contributed by atoms with Crippen molar-refractivity contribution in [3.05, 3.63) is 65.2 Å². The minimum atomic E-state index is 0.437. The van der Waals surface area contributed by atoms with Gasteiger partial charge in [0.15, 0.2) is 0 Å². The summed E-state index contributed by atoms with van der Waals surface area (Å²) in [6, 6.07) is 17.6. The second-order valence-corrected chi connectivity index (χ2v) is 5.05. The number of benzene rings is 2. The number of ether oxygens (including phenoxy) is 1. The molecule has 2 atom stereocenters. The van der Waals surface area contributed by atoms with Crippen LogP contribution in [0.2, 0.25) is 0 Å². The van der Waals surface area contributed by atoms with E-state index >= 15 is 0 Å². The SMILES string of the molecule is CN[C@H]1Cc2cc(OC)ccc2[C@@H]1c1ccccc1. The van der Waals surface area contributed by atoms with Crippen molar-refractivity contribution in [2.75, 3.05) is 14.2 Å². The van der Waals surface area contributed by atoms with Gasteiger partial charge < -0.3 is 10.1 Å². The summed E-state index contributed by atoms with van der Waals surface area (Å²) in [7, 11) is 3.77. The molecule has 0 bridgehead atoms. The first kappa shape index (κ1) is 12.2. The van der Waals surface area contributed by atoms with Crippen LogP contribution in [0.15, 0.2) is 48.5 Å². The minimum absolute atomic E-state index is 0.437. The first-order valence-electron chi connectivity index (χ1n) is 6.72. The van der Waals surface area contributed by atoms with Gasteiger partial charge in [0.1, 0.15) is 5.75 Å². The lowest BCUT2D eigenvalue weighted by Crippen LogP contribution is -2.29. The third-order valence-electron chi connectivity index (χ3n) is 4.06. The maximum absolute atomic E-state index is 5.33. The molecule has 0 unspecified atom stereocenters.